The Hall–Kier alpha value is -3.53. The first-order valence-electron chi connectivity index (χ1n) is 7.90. The van der Waals surface area contributed by atoms with Gasteiger partial charge in [0, 0.05) is 12.2 Å². The molecule has 7 heteroatoms. The highest BCUT2D eigenvalue weighted by Crippen LogP contribution is 2.25. The van der Waals surface area contributed by atoms with Gasteiger partial charge < -0.3 is 20.1 Å². The predicted octanol–water partition coefficient (Wildman–Crippen LogP) is 2.24. The van der Waals surface area contributed by atoms with Crippen molar-refractivity contribution in [3.8, 4) is 17.6 Å². The van der Waals surface area contributed by atoms with Gasteiger partial charge in [0.25, 0.3) is 5.91 Å². The molecule has 7 nitrogen and oxygen atoms in total. The molecule has 26 heavy (non-hydrogen) atoms. The van der Waals surface area contributed by atoms with Gasteiger partial charge >= 0.3 is 0 Å². The van der Waals surface area contributed by atoms with E-state index in [-0.39, 0.29) is 31.4 Å². The van der Waals surface area contributed by atoms with E-state index in [1.54, 1.807) is 42.5 Å². The number of benzene rings is 2. The molecule has 0 radical (unpaired) electrons. The van der Waals surface area contributed by atoms with Crippen LogP contribution in [-0.4, -0.2) is 25.5 Å². The van der Waals surface area contributed by atoms with Crippen molar-refractivity contribution in [2.75, 3.05) is 19.0 Å². The standard InChI is InChI=1S/C19H19N3O4/c1-25-16-7-2-3-8-17(16)26-13-19(24)22-15-6-4-5-14(11-15)12-21-18(23)9-10-20/h2-8,11H,9,12-13H2,1H3,(H,21,23)(H,22,24). The van der Waals surface area contributed by atoms with Crippen molar-refractivity contribution in [2.45, 2.75) is 13.0 Å². The van der Waals surface area contributed by atoms with Crippen molar-refractivity contribution in [1.82, 2.24) is 5.32 Å². The van der Waals surface area contributed by atoms with Gasteiger partial charge in [0.05, 0.1) is 13.2 Å². The van der Waals surface area contributed by atoms with Gasteiger partial charge in [0.1, 0.15) is 6.42 Å². The average molecular weight is 353 g/mol. The molecule has 0 bridgehead atoms. The summed E-state index contributed by atoms with van der Waals surface area (Å²) in [5.41, 5.74) is 1.39. The molecule has 0 aliphatic carbocycles. The van der Waals surface area contributed by atoms with E-state index in [1.807, 2.05) is 12.1 Å². The van der Waals surface area contributed by atoms with Gasteiger partial charge in [0.2, 0.25) is 5.91 Å². The van der Waals surface area contributed by atoms with Gasteiger partial charge in [-0.25, -0.2) is 0 Å². The highest BCUT2D eigenvalue weighted by Gasteiger charge is 2.08. The lowest BCUT2D eigenvalue weighted by Gasteiger charge is -2.11. The summed E-state index contributed by atoms with van der Waals surface area (Å²) >= 11 is 0. The number of nitrogens with zero attached hydrogens (tertiary/aromatic N) is 1. The maximum Gasteiger partial charge on any atom is 0.262 e. The Morgan fingerprint density at radius 3 is 2.58 bits per heavy atom. The Bertz CT molecular complexity index is 814. The molecule has 2 N–H and O–H groups in total. The summed E-state index contributed by atoms with van der Waals surface area (Å²) in [5.74, 6) is 0.378. The van der Waals surface area contributed by atoms with Crippen LogP contribution in [0.25, 0.3) is 0 Å². The maximum absolute atomic E-state index is 12.1. The number of hydrogen-bond donors (Lipinski definition) is 2. The number of rotatable bonds is 8. The molecule has 2 aromatic rings. The highest BCUT2D eigenvalue weighted by molar-refractivity contribution is 5.92. The largest absolute Gasteiger partial charge is 0.493 e. The molecule has 134 valence electrons. The summed E-state index contributed by atoms with van der Waals surface area (Å²) < 4.78 is 10.6. The maximum atomic E-state index is 12.1. The van der Waals surface area contributed by atoms with Crippen LogP contribution in [0.4, 0.5) is 5.69 Å². The summed E-state index contributed by atoms with van der Waals surface area (Å²) in [6.45, 7) is 0.117. The SMILES string of the molecule is COc1ccccc1OCC(=O)Nc1cccc(CNC(=O)CC#N)c1. The van der Waals surface area contributed by atoms with Crippen molar-refractivity contribution < 1.29 is 19.1 Å². The molecular weight excluding hydrogens is 334 g/mol. The minimum atomic E-state index is -0.341. The Labute approximate surface area is 151 Å². The Morgan fingerprint density at radius 1 is 1.08 bits per heavy atom. The molecular formula is C19H19N3O4. The van der Waals surface area contributed by atoms with Crippen LogP contribution >= 0.6 is 0 Å². The molecule has 0 unspecified atom stereocenters. The summed E-state index contributed by atoms with van der Waals surface area (Å²) in [6.07, 6.45) is -0.184. The summed E-state index contributed by atoms with van der Waals surface area (Å²) in [4.78, 5) is 23.4. The van der Waals surface area contributed by atoms with Gasteiger partial charge in [-0.3, -0.25) is 9.59 Å². The number of hydrogen-bond acceptors (Lipinski definition) is 5. The van der Waals surface area contributed by atoms with E-state index in [9.17, 15) is 9.59 Å². The van der Waals surface area contributed by atoms with Crippen molar-refractivity contribution in [3.05, 3.63) is 54.1 Å². The van der Waals surface area contributed by atoms with E-state index in [0.717, 1.165) is 5.56 Å². The lowest BCUT2D eigenvalue weighted by molar-refractivity contribution is -0.120. The van der Waals surface area contributed by atoms with Crippen LogP contribution < -0.4 is 20.1 Å². The molecule has 0 aliphatic heterocycles. The molecule has 0 fully saturated rings. The van der Waals surface area contributed by atoms with Gasteiger partial charge in [-0.05, 0) is 29.8 Å². The second-order valence-electron chi connectivity index (χ2n) is 5.30. The molecule has 2 amide bonds. The van der Waals surface area contributed by atoms with Gasteiger partial charge in [0.15, 0.2) is 18.1 Å². The molecule has 0 spiro atoms. The second kappa shape index (κ2) is 9.69. The zero-order chi connectivity index (χ0) is 18.8. The number of ether oxygens (including phenoxy) is 2. The zero-order valence-electron chi connectivity index (χ0n) is 14.3. The van der Waals surface area contributed by atoms with Crippen molar-refractivity contribution in [3.63, 3.8) is 0 Å². The first kappa shape index (κ1) is 18.8. The fourth-order valence-electron chi connectivity index (χ4n) is 2.17. The van der Waals surface area contributed by atoms with Crippen LogP contribution in [0, 0.1) is 11.3 Å². The number of nitrogens with one attached hydrogen (secondary N) is 2. The second-order valence-corrected chi connectivity index (χ2v) is 5.30. The smallest absolute Gasteiger partial charge is 0.262 e. The number of amides is 2. The number of anilines is 1. The Morgan fingerprint density at radius 2 is 1.85 bits per heavy atom. The Kier molecular flexibility index (Phi) is 7.01. The molecule has 2 aromatic carbocycles. The lowest BCUT2D eigenvalue weighted by Crippen LogP contribution is -2.22. The molecule has 0 heterocycles. The minimum Gasteiger partial charge on any atom is -0.493 e. The summed E-state index contributed by atoms with van der Waals surface area (Å²) in [7, 11) is 1.53. The van der Waals surface area contributed by atoms with E-state index in [1.165, 1.54) is 7.11 Å². The quantitative estimate of drug-likeness (QED) is 0.758. The van der Waals surface area contributed by atoms with E-state index in [2.05, 4.69) is 10.6 Å². The van der Waals surface area contributed by atoms with Crippen LogP contribution in [0.15, 0.2) is 48.5 Å². The van der Waals surface area contributed by atoms with E-state index >= 15 is 0 Å². The van der Waals surface area contributed by atoms with Gasteiger partial charge in [-0.15, -0.1) is 0 Å². The third-order valence-electron chi connectivity index (χ3n) is 3.37. The minimum absolute atomic E-state index is 0.163. The number of methoxy groups -OCH3 is 1. The Balaban J connectivity index is 1.88. The van der Waals surface area contributed by atoms with Crippen LogP contribution in [-0.2, 0) is 16.1 Å². The van der Waals surface area contributed by atoms with Crippen molar-refractivity contribution >= 4 is 17.5 Å². The molecule has 0 aromatic heterocycles. The van der Waals surface area contributed by atoms with Crippen LogP contribution in [0.2, 0.25) is 0 Å². The number of carbonyl (C=O) groups is 2. The average Bonchev–Trinajstić information content (AvgIpc) is 2.65. The van der Waals surface area contributed by atoms with E-state index < -0.39 is 0 Å². The van der Waals surface area contributed by atoms with Crippen molar-refractivity contribution in [1.29, 1.82) is 5.26 Å². The summed E-state index contributed by atoms with van der Waals surface area (Å²) in [6, 6.07) is 15.9. The van der Waals surface area contributed by atoms with Crippen LogP contribution in [0.3, 0.4) is 0 Å². The van der Waals surface area contributed by atoms with Crippen LogP contribution in [0.1, 0.15) is 12.0 Å². The zero-order valence-corrected chi connectivity index (χ0v) is 14.3. The molecule has 0 aliphatic rings. The van der Waals surface area contributed by atoms with Crippen molar-refractivity contribution in [2.24, 2.45) is 0 Å². The predicted molar refractivity (Wildman–Crippen MR) is 95.6 cm³/mol. The van der Waals surface area contributed by atoms with Gasteiger partial charge in [-0.1, -0.05) is 24.3 Å². The van der Waals surface area contributed by atoms with Gasteiger partial charge in [-0.2, -0.15) is 5.26 Å². The third-order valence-corrected chi connectivity index (χ3v) is 3.37. The number of para-hydroxylation sites is 2. The third kappa shape index (κ3) is 5.83. The van der Waals surface area contributed by atoms with E-state index in [0.29, 0.717) is 17.2 Å². The summed E-state index contributed by atoms with van der Waals surface area (Å²) in [5, 5.41) is 13.8. The number of nitriles is 1. The first-order valence-corrected chi connectivity index (χ1v) is 7.90. The normalized spacial score (nSPS) is 9.69. The molecule has 0 atom stereocenters. The fourth-order valence-corrected chi connectivity index (χ4v) is 2.17. The van der Waals surface area contributed by atoms with E-state index in [4.69, 9.17) is 14.7 Å². The lowest BCUT2D eigenvalue weighted by atomic mass is 10.2. The number of carbonyl (C=O) groups excluding carboxylic acids is 2. The fraction of sp³-hybridized carbons (Fsp3) is 0.211. The molecule has 0 saturated carbocycles. The topological polar surface area (TPSA) is 100 Å². The van der Waals surface area contributed by atoms with Crippen LogP contribution in [0.5, 0.6) is 11.5 Å². The molecule has 0 saturated heterocycles. The first-order chi connectivity index (χ1) is 12.6. The monoisotopic (exact) mass is 353 g/mol. The highest BCUT2D eigenvalue weighted by atomic mass is 16.5. The molecule has 2 rings (SSSR count).